The van der Waals surface area contributed by atoms with Gasteiger partial charge in [-0.2, -0.15) is 0 Å². The average Bonchev–Trinajstić information content (AvgIpc) is 3.03. The highest BCUT2D eigenvalue weighted by Crippen LogP contribution is 2.62. The molecule has 3 aliphatic carbocycles. The highest BCUT2D eigenvalue weighted by molar-refractivity contribution is 5.91. The van der Waals surface area contributed by atoms with E-state index in [0.29, 0.717) is 22.6 Å². The van der Waals surface area contributed by atoms with Crippen LogP contribution in [0.5, 0.6) is 5.75 Å². The molecule has 3 aliphatic rings. The number of benzene rings is 2. The summed E-state index contributed by atoms with van der Waals surface area (Å²) in [6, 6.07) is 15.6. The molecule has 0 saturated heterocycles. The molecule has 2 aromatic carbocycles. The Bertz CT molecular complexity index is 887. The van der Waals surface area contributed by atoms with Gasteiger partial charge in [0.1, 0.15) is 5.75 Å². The van der Waals surface area contributed by atoms with Crippen molar-refractivity contribution in [3.63, 3.8) is 0 Å². The van der Waals surface area contributed by atoms with E-state index in [-0.39, 0.29) is 5.97 Å². The van der Waals surface area contributed by atoms with E-state index in [1.807, 2.05) is 24.3 Å². The van der Waals surface area contributed by atoms with E-state index in [2.05, 4.69) is 26.0 Å². The van der Waals surface area contributed by atoms with Crippen molar-refractivity contribution in [2.24, 2.45) is 23.2 Å². The molecule has 0 spiro atoms. The van der Waals surface area contributed by atoms with Crippen molar-refractivity contribution in [2.75, 3.05) is 0 Å². The van der Waals surface area contributed by atoms with E-state index in [4.69, 9.17) is 4.74 Å². The van der Waals surface area contributed by atoms with Crippen LogP contribution in [0.25, 0.3) is 0 Å². The van der Waals surface area contributed by atoms with Crippen LogP contribution in [-0.2, 0) is 6.42 Å². The fraction of sp³-hybridized carbons (Fsp3) is 0.500. The maximum atomic E-state index is 12.4. The summed E-state index contributed by atoms with van der Waals surface area (Å²) in [4.78, 5) is 12.4. The molecule has 2 heteroatoms. The lowest BCUT2D eigenvalue weighted by Crippen LogP contribution is -2.41. The zero-order valence-corrected chi connectivity index (χ0v) is 17.0. The second kappa shape index (κ2) is 6.76. The van der Waals surface area contributed by atoms with E-state index in [0.717, 1.165) is 24.2 Å². The maximum Gasteiger partial charge on any atom is 0.343 e. The van der Waals surface area contributed by atoms with Crippen LogP contribution in [0.2, 0.25) is 0 Å². The minimum Gasteiger partial charge on any atom is -0.423 e. The van der Waals surface area contributed by atoms with Gasteiger partial charge in [0.05, 0.1) is 5.56 Å². The van der Waals surface area contributed by atoms with E-state index in [9.17, 15) is 4.79 Å². The van der Waals surface area contributed by atoms with E-state index in [1.54, 1.807) is 12.1 Å². The molecule has 2 aromatic rings. The molecule has 0 bridgehead atoms. The fourth-order valence-corrected chi connectivity index (χ4v) is 6.63. The van der Waals surface area contributed by atoms with Crippen LogP contribution < -0.4 is 4.74 Å². The number of carbonyl (C=O) groups excluding carboxylic acids is 1. The van der Waals surface area contributed by atoms with Crippen molar-refractivity contribution in [3.05, 3.63) is 65.2 Å². The Labute approximate surface area is 168 Å². The molecule has 5 atom stereocenters. The molecule has 0 unspecified atom stereocenters. The van der Waals surface area contributed by atoms with Crippen LogP contribution in [0.4, 0.5) is 0 Å². The summed E-state index contributed by atoms with van der Waals surface area (Å²) in [5, 5.41) is 0. The van der Waals surface area contributed by atoms with Gasteiger partial charge in [-0.1, -0.05) is 38.1 Å². The zero-order chi connectivity index (χ0) is 19.3. The lowest BCUT2D eigenvalue weighted by Gasteiger charge is -2.50. The number of ether oxygens (including phenoxy) is 1. The topological polar surface area (TPSA) is 26.3 Å². The molecular weight excluding hydrogens is 344 g/mol. The third-order valence-corrected chi connectivity index (χ3v) is 8.39. The minimum absolute atomic E-state index is 0.275. The summed E-state index contributed by atoms with van der Waals surface area (Å²) in [7, 11) is 0. The van der Waals surface area contributed by atoms with Crippen LogP contribution in [0.1, 0.15) is 73.4 Å². The summed E-state index contributed by atoms with van der Waals surface area (Å²) in [6.45, 7) is 5.04. The largest absolute Gasteiger partial charge is 0.423 e. The number of esters is 1. The van der Waals surface area contributed by atoms with Crippen molar-refractivity contribution in [2.45, 2.75) is 58.3 Å². The van der Waals surface area contributed by atoms with Crippen molar-refractivity contribution in [1.82, 2.24) is 0 Å². The van der Waals surface area contributed by atoms with Crippen LogP contribution in [0.3, 0.4) is 0 Å². The normalized spacial score (nSPS) is 33.5. The second-order valence-electron chi connectivity index (χ2n) is 9.55. The summed E-state index contributed by atoms with van der Waals surface area (Å²) in [5.74, 6) is 3.72. The molecule has 0 radical (unpaired) electrons. The smallest absolute Gasteiger partial charge is 0.343 e. The van der Waals surface area contributed by atoms with Gasteiger partial charge < -0.3 is 4.74 Å². The van der Waals surface area contributed by atoms with Crippen LogP contribution in [-0.4, -0.2) is 5.97 Å². The van der Waals surface area contributed by atoms with Crippen LogP contribution >= 0.6 is 0 Å². The average molecular weight is 375 g/mol. The number of carbonyl (C=O) groups is 1. The molecule has 2 nitrogen and oxygen atoms in total. The third-order valence-electron chi connectivity index (χ3n) is 8.39. The Morgan fingerprint density at radius 3 is 2.68 bits per heavy atom. The zero-order valence-electron chi connectivity index (χ0n) is 17.0. The van der Waals surface area contributed by atoms with Gasteiger partial charge in [-0.3, -0.25) is 0 Å². The van der Waals surface area contributed by atoms with Crippen molar-refractivity contribution >= 4 is 5.97 Å². The first kappa shape index (κ1) is 18.0. The highest BCUT2D eigenvalue weighted by atomic mass is 16.5. The molecule has 0 aromatic heterocycles. The first-order chi connectivity index (χ1) is 13.6. The molecule has 5 rings (SSSR count). The van der Waals surface area contributed by atoms with Crippen LogP contribution in [0, 0.1) is 23.2 Å². The minimum atomic E-state index is -0.275. The van der Waals surface area contributed by atoms with Gasteiger partial charge in [0, 0.05) is 0 Å². The fourth-order valence-electron chi connectivity index (χ4n) is 6.63. The predicted molar refractivity (Wildman–Crippen MR) is 112 cm³/mol. The molecule has 2 fully saturated rings. The monoisotopic (exact) mass is 374 g/mol. The van der Waals surface area contributed by atoms with Gasteiger partial charge in [0.25, 0.3) is 0 Å². The van der Waals surface area contributed by atoms with Crippen LogP contribution in [0.15, 0.2) is 48.5 Å². The molecule has 28 heavy (non-hydrogen) atoms. The number of rotatable bonds is 2. The Balaban J connectivity index is 1.37. The number of hydrogen-bond acceptors (Lipinski definition) is 2. The van der Waals surface area contributed by atoms with E-state index in [1.165, 1.54) is 43.2 Å². The lowest BCUT2D eigenvalue weighted by molar-refractivity contribution is 0.0336. The van der Waals surface area contributed by atoms with Crippen molar-refractivity contribution in [3.8, 4) is 5.75 Å². The van der Waals surface area contributed by atoms with Gasteiger partial charge in [0.2, 0.25) is 0 Å². The molecule has 0 amide bonds. The summed E-state index contributed by atoms with van der Waals surface area (Å²) < 4.78 is 5.66. The van der Waals surface area contributed by atoms with Gasteiger partial charge in [-0.25, -0.2) is 4.79 Å². The Morgan fingerprint density at radius 1 is 1.04 bits per heavy atom. The number of hydrogen-bond donors (Lipinski definition) is 0. The Hall–Kier alpha value is -2.09. The van der Waals surface area contributed by atoms with Gasteiger partial charge in [-0.15, -0.1) is 0 Å². The van der Waals surface area contributed by atoms with Gasteiger partial charge >= 0.3 is 5.97 Å². The maximum absolute atomic E-state index is 12.4. The van der Waals surface area contributed by atoms with E-state index < -0.39 is 0 Å². The van der Waals surface area contributed by atoms with Gasteiger partial charge in [-0.05, 0) is 103 Å². The van der Waals surface area contributed by atoms with Crippen molar-refractivity contribution < 1.29 is 9.53 Å². The quantitative estimate of drug-likeness (QED) is 0.449. The molecular formula is C26H30O2. The second-order valence-corrected chi connectivity index (χ2v) is 9.55. The highest BCUT2D eigenvalue weighted by Gasteiger charge is 2.53. The molecule has 0 N–H and O–H groups in total. The standard InChI is InChI=1S/C26H30O2/c1-17-8-13-24-23-11-9-19-16-20(28-25(27)18-6-4-3-5-7-18)10-12-21(19)22(23)14-15-26(17,24)2/h3-7,10,12,16-17,22-24H,8-9,11,13-15H2,1-2H3/t17-,22+,23+,24-,26+/m0/s1. The molecule has 0 heterocycles. The molecule has 0 aliphatic heterocycles. The Morgan fingerprint density at radius 2 is 1.86 bits per heavy atom. The summed E-state index contributed by atoms with van der Waals surface area (Å²) >= 11 is 0. The Kier molecular flexibility index (Phi) is 4.34. The first-order valence-electron chi connectivity index (χ1n) is 11.0. The number of aryl methyl sites for hydroxylation is 1. The molecule has 146 valence electrons. The van der Waals surface area contributed by atoms with Crippen molar-refractivity contribution in [1.29, 1.82) is 0 Å². The first-order valence-corrected chi connectivity index (χ1v) is 11.0. The SMILES string of the molecule is C[C@H]1CC[C@H]2[C@@H]3CCc4cc(OC(=O)c5ccccc5)ccc4[C@H]3CC[C@]12C. The summed E-state index contributed by atoms with van der Waals surface area (Å²) in [6.07, 6.45) is 7.92. The molecule has 2 saturated carbocycles. The summed E-state index contributed by atoms with van der Waals surface area (Å²) in [5.41, 5.74) is 4.08. The predicted octanol–water partition coefficient (Wildman–Crippen LogP) is 6.40. The number of fused-ring (bicyclic) bond motifs is 5. The van der Waals surface area contributed by atoms with Gasteiger partial charge in [0.15, 0.2) is 0 Å². The lowest BCUT2D eigenvalue weighted by atomic mass is 9.54. The van der Waals surface area contributed by atoms with E-state index >= 15 is 0 Å². The third kappa shape index (κ3) is 2.80.